The molecule has 1 fully saturated rings. The first-order valence-electron chi connectivity index (χ1n) is 7.11. The SMILES string of the molecule is CCN(C(=O)C(=O)Nc1ccc(N)cc1Cl)C1CCS(=O)(=O)C1. The highest BCUT2D eigenvalue weighted by Gasteiger charge is 2.36. The molecule has 0 radical (unpaired) electrons. The number of nitrogens with one attached hydrogen (secondary N) is 1. The molecule has 9 heteroatoms. The van der Waals surface area contributed by atoms with Crippen LogP contribution in [-0.4, -0.2) is 49.2 Å². The molecule has 1 atom stereocenters. The monoisotopic (exact) mass is 359 g/mol. The second kappa shape index (κ2) is 6.76. The summed E-state index contributed by atoms with van der Waals surface area (Å²) in [6, 6.07) is 4.04. The Hall–Kier alpha value is -1.80. The minimum Gasteiger partial charge on any atom is -0.399 e. The predicted molar refractivity (Wildman–Crippen MR) is 88.9 cm³/mol. The van der Waals surface area contributed by atoms with Crippen molar-refractivity contribution in [3.05, 3.63) is 23.2 Å². The maximum Gasteiger partial charge on any atom is 0.313 e. The summed E-state index contributed by atoms with van der Waals surface area (Å²) in [6.45, 7) is 1.95. The smallest absolute Gasteiger partial charge is 0.313 e. The van der Waals surface area contributed by atoms with E-state index in [4.69, 9.17) is 17.3 Å². The molecule has 126 valence electrons. The van der Waals surface area contributed by atoms with Gasteiger partial charge in [-0.05, 0) is 31.5 Å². The summed E-state index contributed by atoms with van der Waals surface area (Å²) < 4.78 is 23.1. The van der Waals surface area contributed by atoms with Gasteiger partial charge in [0.15, 0.2) is 9.84 Å². The van der Waals surface area contributed by atoms with E-state index in [-0.39, 0.29) is 28.8 Å². The summed E-state index contributed by atoms with van der Waals surface area (Å²) in [5.74, 6) is -1.71. The largest absolute Gasteiger partial charge is 0.399 e. The molecule has 1 unspecified atom stereocenters. The van der Waals surface area contributed by atoms with Gasteiger partial charge < -0.3 is 16.0 Å². The number of hydrogen-bond acceptors (Lipinski definition) is 5. The van der Waals surface area contributed by atoms with Crippen molar-refractivity contribution in [3.8, 4) is 0 Å². The molecule has 1 aromatic rings. The van der Waals surface area contributed by atoms with E-state index in [0.717, 1.165) is 0 Å². The third kappa shape index (κ3) is 4.14. The molecule has 1 saturated heterocycles. The van der Waals surface area contributed by atoms with Crippen LogP contribution >= 0.6 is 11.6 Å². The van der Waals surface area contributed by atoms with E-state index in [2.05, 4.69) is 5.32 Å². The Kier molecular flexibility index (Phi) is 5.16. The van der Waals surface area contributed by atoms with Gasteiger partial charge in [-0.15, -0.1) is 0 Å². The molecule has 23 heavy (non-hydrogen) atoms. The van der Waals surface area contributed by atoms with Gasteiger partial charge in [-0.3, -0.25) is 9.59 Å². The summed E-state index contributed by atoms with van der Waals surface area (Å²) in [6.07, 6.45) is 0.345. The van der Waals surface area contributed by atoms with Crippen molar-refractivity contribution in [1.29, 1.82) is 0 Å². The lowest BCUT2D eigenvalue weighted by Gasteiger charge is -2.26. The van der Waals surface area contributed by atoms with Crippen LogP contribution in [0.3, 0.4) is 0 Å². The van der Waals surface area contributed by atoms with Gasteiger partial charge in [-0.1, -0.05) is 11.6 Å². The van der Waals surface area contributed by atoms with Gasteiger partial charge >= 0.3 is 11.8 Å². The highest BCUT2D eigenvalue weighted by molar-refractivity contribution is 7.91. The molecular weight excluding hydrogens is 342 g/mol. The molecule has 0 spiro atoms. The molecule has 1 aromatic carbocycles. The lowest BCUT2D eigenvalue weighted by Crippen LogP contribution is -2.46. The average Bonchev–Trinajstić information content (AvgIpc) is 2.82. The number of hydrogen-bond donors (Lipinski definition) is 2. The Labute approximate surface area is 139 Å². The number of rotatable bonds is 3. The summed E-state index contributed by atoms with van der Waals surface area (Å²) in [4.78, 5) is 25.7. The number of halogens is 1. The predicted octanol–water partition coefficient (Wildman–Crippen LogP) is 0.896. The van der Waals surface area contributed by atoms with Crippen LogP contribution in [0, 0.1) is 0 Å². The Bertz CT molecular complexity index is 736. The van der Waals surface area contributed by atoms with Crippen LogP contribution < -0.4 is 11.1 Å². The first-order chi connectivity index (χ1) is 10.7. The molecule has 2 amide bonds. The summed E-state index contributed by atoms with van der Waals surface area (Å²) in [7, 11) is -3.14. The van der Waals surface area contributed by atoms with Gasteiger partial charge in [0.25, 0.3) is 0 Å². The Morgan fingerprint density at radius 2 is 2.13 bits per heavy atom. The lowest BCUT2D eigenvalue weighted by atomic mass is 10.2. The number of sulfone groups is 1. The van der Waals surface area contributed by atoms with Crippen molar-refractivity contribution in [3.63, 3.8) is 0 Å². The molecule has 0 aliphatic carbocycles. The van der Waals surface area contributed by atoms with Crippen LogP contribution in [0.5, 0.6) is 0 Å². The number of likely N-dealkylation sites (N-methyl/N-ethyl adjacent to an activating group) is 1. The lowest BCUT2D eigenvalue weighted by molar-refractivity contribution is -0.144. The van der Waals surface area contributed by atoms with Crippen molar-refractivity contribution >= 4 is 44.6 Å². The normalized spacial score (nSPS) is 19.3. The van der Waals surface area contributed by atoms with Crippen LogP contribution in [0.1, 0.15) is 13.3 Å². The topological polar surface area (TPSA) is 110 Å². The summed E-state index contributed by atoms with van der Waals surface area (Å²) in [5.41, 5.74) is 6.28. The van der Waals surface area contributed by atoms with Gasteiger partial charge in [-0.25, -0.2) is 8.42 Å². The zero-order valence-corrected chi connectivity index (χ0v) is 14.2. The zero-order chi connectivity index (χ0) is 17.2. The van der Waals surface area contributed by atoms with Gasteiger partial charge in [0, 0.05) is 18.3 Å². The van der Waals surface area contributed by atoms with Gasteiger partial charge in [-0.2, -0.15) is 0 Å². The summed E-state index contributed by atoms with van der Waals surface area (Å²) >= 11 is 5.96. The molecular formula is C14H18ClN3O4S. The highest BCUT2D eigenvalue weighted by Crippen LogP contribution is 2.24. The second-order valence-electron chi connectivity index (χ2n) is 5.34. The van der Waals surface area contributed by atoms with Crippen molar-refractivity contribution in [2.24, 2.45) is 0 Å². The second-order valence-corrected chi connectivity index (χ2v) is 7.98. The van der Waals surface area contributed by atoms with Crippen LogP contribution in [0.15, 0.2) is 18.2 Å². The number of amides is 2. The molecule has 0 bridgehead atoms. The standard InChI is InChI=1S/C14H18ClN3O4S/c1-2-18(10-5-6-23(21,22)8-10)14(20)13(19)17-12-4-3-9(16)7-11(12)15/h3-4,7,10H,2,5-6,8,16H2,1H3,(H,17,19). The van der Waals surface area contributed by atoms with Crippen LogP contribution in [0.2, 0.25) is 5.02 Å². The third-order valence-electron chi connectivity index (χ3n) is 3.69. The van der Waals surface area contributed by atoms with Crippen molar-refractivity contribution < 1.29 is 18.0 Å². The molecule has 0 saturated carbocycles. The average molecular weight is 360 g/mol. The van der Waals surface area contributed by atoms with Crippen molar-refractivity contribution in [2.75, 3.05) is 29.1 Å². The number of anilines is 2. The Morgan fingerprint density at radius 3 is 2.65 bits per heavy atom. The Morgan fingerprint density at radius 1 is 1.43 bits per heavy atom. The Balaban J connectivity index is 2.10. The van der Waals surface area contributed by atoms with Crippen LogP contribution in [0.4, 0.5) is 11.4 Å². The van der Waals surface area contributed by atoms with E-state index >= 15 is 0 Å². The quantitative estimate of drug-likeness (QED) is 0.615. The fourth-order valence-electron chi connectivity index (χ4n) is 2.53. The van der Waals surface area contributed by atoms with E-state index in [1.165, 1.54) is 17.0 Å². The third-order valence-corrected chi connectivity index (χ3v) is 5.75. The number of nitrogen functional groups attached to an aromatic ring is 1. The molecule has 1 aliphatic heterocycles. The van der Waals surface area contributed by atoms with E-state index in [1.807, 2.05) is 0 Å². The fourth-order valence-corrected chi connectivity index (χ4v) is 4.49. The maximum absolute atomic E-state index is 12.3. The minimum atomic E-state index is -3.14. The maximum atomic E-state index is 12.3. The molecule has 7 nitrogen and oxygen atoms in total. The van der Waals surface area contributed by atoms with E-state index in [0.29, 0.717) is 12.1 Å². The molecule has 1 aliphatic rings. The van der Waals surface area contributed by atoms with Gasteiger partial charge in [0.2, 0.25) is 0 Å². The van der Waals surface area contributed by atoms with E-state index < -0.39 is 27.7 Å². The van der Waals surface area contributed by atoms with E-state index in [9.17, 15) is 18.0 Å². The zero-order valence-electron chi connectivity index (χ0n) is 12.6. The van der Waals surface area contributed by atoms with Crippen molar-refractivity contribution in [1.82, 2.24) is 4.90 Å². The van der Waals surface area contributed by atoms with Crippen LogP contribution in [0.25, 0.3) is 0 Å². The number of carbonyl (C=O) groups is 2. The number of nitrogens with zero attached hydrogens (tertiary/aromatic N) is 1. The first-order valence-corrected chi connectivity index (χ1v) is 9.31. The fraction of sp³-hybridized carbons (Fsp3) is 0.429. The number of carbonyl (C=O) groups excluding carboxylic acids is 2. The van der Waals surface area contributed by atoms with Crippen LogP contribution in [-0.2, 0) is 19.4 Å². The molecule has 2 rings (SSSR count). The number of benzene rings is 1. The van der Waals surface area contributed by atoms with E-state index in [1.54, 1.807) is 13.0 Å². The molecule has 3 N–H and O–H groups in total. The highest BCUT2D eigenvalue weighted by atomic mass is 35.5. The van der Waals surface area contributed by atoms with Crippen molar-refractivity contribution in [2.45, 2.75) is 19.4 Å². The summed E-state index contributed by atoms with van der Waals surface area (Å²) in [5, 5.41) is 2.65. The molecule has 0 aromatic heterocycles. The molecule has 1 heterocycles. The van der Waals surface area contributed by atoms with Gasteiger partial charge in [0.05, 0.1) is 22.2 Å². The minimum absolute atomic E-state index is 0.0346. The number of nitrogens with two attached hydrogens (primary N) is 1. The van der Waals surface area contributed by atoms with Gasteiger partial charge in [0.1, 0.15) is 0 Å². The first kappa shape index (κ1) is 17.6.